The predicted octanol–water partition coefficient (Wildman–Crippen LogP) is 8.35. The summed E-state index contributed by atoms with van der Waals surface area (Å²) < 4.78 is 33.4. The highest BCUT2D eigenvalue weighted by Gasteiger charge is 2.24. The van der Waals surface area contributed by atoms with Gasteiger partial charge in [-0.05, 0) is 120 Å². The molecule has 2 heterocycles. The summed E-state index contributed by atoms with van der Waals surface area (Å²) in [4.78, 5) is 0. The molecule has 6 rings (SSSR count). The second-order valence-electron chi connectivity index (χ2n) is 13.5. The lowest BCUT2D eigenvalue weighted by molar-refractivity contribution is 0.173. The summed E-state index contributed by atoms with van der Waals surface area (Å²) in [5, 5.41) is 22.7. The molecule has 2 N–H and O–H groups in total. The van der Waals surface area contributed by atoms with Gasteiger partial charge >= 0.3 is 0 Å². The van der Waals surface area contributed by atoms with E-state index in [-0.39, 0.29) is 25.1 Å². The molecular formula is C40H46O8. The Kier molecular flexibility index (Phi) is 9.81. The molecule has 8 nitrogen and oxygen atoms in total. The van der Waals surface area contributed by atoms with Crippen LogP contribution in [0.3, 0.4) is 0 Å². The number of phenolic OH excluding ortho intramolecular Hbond substituents is 2. The second-order valence-corrected chi connectivity index (χ2v) is 13.5. The maximum absolute atomic E-state index is 11.3. The molecule has 48 heavy (non-hydrogen) atoms. The molecule has 0 unspecified atom stereocenters. The van der Waals surface area contributed by atoms with Crippen LogP contribution >= 0.6 is 0 Å². The zero-order valence-electron chi connectivity index (χ0n) is 28.7. The van der Waals surface area contributed by atoms with Crippen LogP contribution in [-0.4, -0.2) is 38.0 Å². The molecule has 0 radical (unpaired) electrons. The van der Waals surface area contributed by atoms with E-state index in [9.17, 15) is 10.2 Å². The molecule has 0 fully saturated rings. The molecule has 4 aromatic carbocycles. The third-order valence-corrected chi connectivity index (χ3v) is 10.0. The van der Waals surface area contributed by atoms with Crippen molar-refractivity contribution in [1.29, 1.82) is 0 Å². The number of phenols is 2. The van der Waals surface area contributed by atoms with Crippen LogP contribution in [0.25, 0.3) is 11.1 Å². The first-order chi connectivity index (χ1) is 23.1. The molecule has 4 aromatic rings. The molecule has 8 heteroatoms. The lowest BCUT2D eigenvalue weighted by Crippen LogP contribution is -2.14. The van der Waals surface area contributed by atoms with Crippen molar-refractivity contribution in [2.24, 2.45) is 23.7 Å². The number of hydrogen-bond acceptors (Lipinski definition) is 8. The van der Waals surface area contributed by atoms with Crippen LogP contribution < -0.4 is 28.4 Å². The average molecular weight is 655 g/mol. The van der Waals surface area contributed by atoms with Gasteiger partial charge in [0, 0.05) is 11.1 Å². The number of ether oxygens (including phenoxy) is 6. The zero-order chi connectivity index (χ0) is 33.9. The van der Waals surface area contributed by atoms with E-state index in [1.54, 1.807) is 14.2 Å². The lowest BCUT2D eigenvalue weighted by Gasteiger charge is -2.23. The molecule has 0 bridgehead atoms. The summed E-state index contributed by atoms with van der Waals surface area (Å²) in [6, 6.07) is 20.0. The van der Waals surface area contributed by atoms with E-state index in [1.807, 2.05) is 36.4 Å². The molecule has 4 atom stereocenters. The van der Waals surface area contributed by atoms with Gasteiger partial charge in [0.15, 0.2) is 46.0 Å². The normalized spacial score (nSPS) is 15.5. The van der Waals surface area contributed by atoms with Crippen molar-refractivity contribution in [3.05, 3.63) is 82.9 Å². The van der Waals surface area contributed by atoms with Crippen molar-refractivity contribution >= 4 is 0 Å². The standard InChI is InChI=1S/C40H46O8/c1-23(11-27-7-9-33-35(17-27)47-21-45-33)25(3)13-29-15-31(39(41)37(19-29)43-5)32-16-30(20-38(44-6)40(32)42)14-26(4)24(2)12-28-8-10-34-36(18-28)48-22-46-34/h7-10,15-20,23-26,41-42H,11-14,21-22H2,1-6H3/t23-,24-,25+,26+/m0/s1. The Labute approximate surface area is 283 Å². The van der Waals surface area contributed by atoms with Crippen LogP contribution in [0.1, 0.15) is 49.9 Å². The maximum Gasteiger partial charge on any atom is 0.231 e. The zero-order valence-corrected chi connectivity index (χ0v) is 28.7. The van der Waals surface area contributed by atoms with Crippen molar-refractivity contribution in [2.45, 2.75) is 53.4 Å². The van der Waals surface area contributed by atoms with Gasteiger partial charge in [-0.3, -0.25) is 0 Å². The summed E-state index contributed by atoms with van der Waals surface area (Å²) >= 11 is 0. The van der Waals surface area contributed by atoms with Gasteiger partial charge in [0.1, 0.15) is 0 Å². The van der Waals surface area contributed by atoms with Crippen molar-refractivity contribution in [3.63, 3.8) is 0 Å². The Hall–Kier alpha value is -4.72. The van der Waals surface area contributed by atoms with E-state index >= 15 is 0 Å². The van der Waals surface area contributed by atoms with Crippen LogP contribution in [0, 0.1) is 23.7 Å². The largest absolute Gasteiger partial charge is 0.504 e. The highest BCUT2D eigenvalue weighted by Crippen LogP contribution is 2.46. The molecule has 0 aromatic heterocycles. The number of methoxy groups -OCH3 is 2. The topological polar surface area (TPSA) is 95.8 Å². The molecular weight excluding hydrogens is 608 g/mol. The highest BCUT2D eigenvalue weighted by molar-refractivity contribution is 5.81. The summed E-state index contributed by atoms with van der Waals surface area (Å²) in [5.74, 6) is 5.26. The van der Waals surface area contributed by atoms with Gasteiger partial charge in [-0.2, -0.15) is 0 Å². The molecule has 0 spiro atoms. The van der Waals surface area contributed by atoms with E-state index in [0.29, 0.717) is 46.3 Å². The first-order valence-corrected chi connectivity index (χ1v) is 16.7. The van der Waals surface area contributed by atoms with Crippen molar-refractivity contribution < 1.29 is 38.6 Å². The number of hydrogen-bond donors (Lipinski definition) is 2. The minimum Gasteiger partial charge on any atom is -0.504 e. The minimum absolute atomic E-state index is 0.0129. The van der Waals surface area contributed by atoms with E-state index in [4.69, 9.17) is 28.4 Å². The van der Waals surface area contributed by atoms with Gasteiger partial charge in [0.05, 0.1) is 14.2 Å². The van der Waals surface area contributed by atoms with Crippen LogP contribution in [0.5, 0.6) is 46.0 Å². The van der Waals surface area contributed by atoms with Crippen molar-refractivity contribution in [3.8, 4) is 57.1 Å². The fraction of sp³-hybridized carbons (Fsp3) is 0.400. The quantitative estimate of drug-likeness (QED) is 0.149. The van der Waals surface area contributed by atoms with Crippen LogP contribution in [0.4, 0.5) is 0 Å². The number of aromatic hydroxyl groups is 2. The Morgan fingerprint density at radius 1 is 0.500 bits per heavy atom. The predicted molar refractivity (Wildman–Crippen MR) is 185 cm³/mol. The fourth-order valence-corrected chi connectivity index (χ4v) is 6.72. The van der Waals surface area contributed by atoms with Gasteiger partial charge in [-0.15, -0.1) is 0 Å². The average Bonchev–Trinajstić information content (AvgIpc) is 3.75. The van der Waals surface area contributed by atoms with Crippen LogP contribution in [0.15, 0.2) is 60.7 Å². The summed E-state index contributed by atoms with van der Waals surface area (Å²) in [6.45, 7) is 9.51. The summed E-state index contributed by atoms with van der Waals surface area (Å²) in [6.07, 6.45) is 3.32. The van der Waals surface area contributed by atoms with E-state index in [2.05, 4.69) is 52.0 Å². The Bertz CT molecular complexity index is 1640. The third-order valence-electron chi connectivity index (χ3n) is 10.0. The fourth-order valence-electron chi connectivity index (χ4n) is 6.72. The monoisotopic (exact) mass is 654 g/mol. The van der Waals surface area contributed by atoms with Gasteiger partial charge in [-0.1, -0.05) is 39.8 Å². The summed E-state index contributed by atoms with van der Waals surface area (Å²) in [7, 11) is 3.10. The Morgan fingerprint density at radius 3 is 1.23 bits per heavy atom. The third kappa shape index (κ3) is 7.08. The Balaban J connectivity index is 1.21. The number of benzene rings is 4. The molecule has 254 valence electrons. The van der Waals surface area contributed by atoms with E-state index < -0.39 is 0 Å². The molecule has 2 aliphatic rings. The molecule has 2 aliphatic heterocycles. The first kappa shape index (κ1) is 33.2. The smallest absolute Gasteiger partial charge is 0.231 e. The first-order valence-electron chi connectivity index (χ1n) is 16.7. The second kappa shape index (κ2) is 14.2. The number of fused-ring (bicyclic) bond motifs is 2. The van der Waals surface area contributed by atoms with Gasteiger partial charge < -0.3 is 38.6 Å². The lowest BCUT2D eigenvalue weighted by atomic mass is 9.83. The van der Waals surface area contributed by atoms with Crippen molar-refractivity contribution in [2.75, 3.05) is 27.8 Å². The summed E-state index contributed by atoms with van der Waals surface area (Å²) in [5.41, 5.74) is 5.46. The SMILES string of the molecule is COc1cc(C[C@@H](C)[C@@H](C)Cc2ccc3c(c2)OCO3)cc(-c2cc(C[C@@H](C)[C@@H](C)Cc3ccc4c(c3)OCO4)cc(OC)c2O)c1O. The van der Waals surface area contributed by atoms with Crippen LogP contribution in [-0.2, 0) is 25.7 Å². The Morgan fingerprint density at radius 2 is 0.854 bits per heavy atom. The van der Waals surface area contributed by atoms with Crippen molar-refractivity contribution in [1.82, 2.24) is 0 Å². The molecule has 0 amide bonds. The van der Waals surface area contributed by atoms with E-state index in [0.717, 1.165) is 59.8 Å². The maximum atomic E-state index is 11.3. The number of rotatable bonds is 13. The van der Waals surface area contributed by atoms with E-state index in [1.165, 1.54) is 11.1 Å². The minimum atomic E-state index is -0.0129. The highest BCUT2D eigenvalue weighted by atomic mass is 16.7. The van der Waals surface area contributed by atoms with Crippen LogP contribution in [0.2, 0.25) is 0 Å². The van der Waals surface area contributed by atoms with Gasteiger partial charge in [0.25, 0.3) is 0 Å². The molecule has 0 aliphatic carbocycles. The van der Waals surface area contributed by atoms with Gasteiger partial charge in [-0.25, -0.2) is 0 Å². The van der Waals surface area contributed by atoms with Gasteiger partial charge in [0.2, 0.25) is 13.6 Å². The molecule has 0 saturated heterocycles. The molecule has 0 saturated carbocycles.